The number of anilines is 1. The fourth-order valence-electron chi connectivity index (χ4n) is 1.87. The van der Waals surface area contributed by atoms with Crippen LogP contribution < -0.4 is 10.5 Å². The number of nitrogens with one attached hydrogen (secondary N) is 2. The molecule has 0 aliphatic carbocycles. The lowest BCUT2D eigenvalue weighted by Crippen LogP contribution is -2.22. The molecule has 0 unspecified atom stereocenters. The molecule has 2 aromatic rings. The van der Waals surface area contributed by atoms with E-state index in [2.05, 4.69) is 10.3 Å². The van der Waals surface area contributed by atoms with Crippen molar-refractivity contribution in [2.45, 2.75) is 13.3 Å². The summed E-state index contributed by atoms with van der Waals surface area (Å²) < 4.78 is 0. The summed E-state index contributed by atoms with van der Waals surface area (Å²) in [7, 11) is 0. The molecule has 0 atom stereocenters. The van der Waals surface area contributed by atoms with Gasteiger partial charge in [0.15, 0.2) is 0 Å². The minimum absolute atomic E-state index is 0.0726. The van der Waals surface area contributed by atoms with Gasteiger partial charge in [0, 0.05) is 30.6 Å². The zero-order valence-corrected chi connectivity index (χ0v) is 9.93. The van der Waals surface area contributed by atoms with Gasteiger partial charge in [0.05, 0.1) is 5.69 Å². The molecular formula is C12H14N3O3-. The van der Waals surface area contributed by atoms with Crippen LogP contribution in [0, 0.1) is 5.21 Å². The first-order chi connectivity index (χ1) is 8.58. The van der Waals surface area contributed by atoms with Crippen LogP contribution in [0.5, 0.6) is 0 Å². The predicted octanol–water partition coefficient (Wildman–Crippen LogP) is 1.54. The highest BCUT2D eigenvalue weighted by Crippen LogP contribution is 2.24. The maximum absolute atomic E-state index is 10.8. The Hall–Kier alpha value is -2.05. The lowest BCUT2D eigenvalue weighted by atomic mass is 10.1. The summed E-state index contributed by atoms with van der Waals surface area (Å²) in [4.78, 5) is 13.9. The second-order valence-corrected chi connectivity index (χ2v) is 4.05. The largest absolute Gasteiger partial charge is 0.733 e. The van der Waals surface area contributed by atoms with Crippen LogP contribution in [0.3, 0.4) is 0 Å². The summed E-state index contributed by atoms with van der Waals surface area (Å²) in [5.74, 6) is -0.0726. The molecule has 6 nitrogen and oxygen atoms in total. The van der Waals surface area contributed by atoms with Gasteiger partial charge < -0.3 is 20.7 Å². The van der Waals surface area contributed by atoms with Crippen LogP contribution in [0.25, 0.3) is 10.9 Å². The van der Waals surface area contributed by atoms with Gasteiger partial charge >= 0.3 is 0 Å². The summed E-state index contributed by atoms with van der Waals surface area (Å²) in [5.41, 5.74) is 2.06. The number of hydrogen-bond donors (Lipinski definition) is 3. The third-order valence-electron chi connectivity index (χ3n) is 2.74. The molecule has 0 radical (unpaired) electrons. The number of benzene rings is 1. The highest BCUT2D eigenvalue weighted by molar-refractivity contribution is 5.86. The number of amides is 1. The van der Waals surface area contributed by atoms with Crippen molar-refractivity contribution in [1.29, 1.82) is 0 Å². The maximum atomic E-state index is 10.8. The first-order valence-electron chi connectivity index (χ1n) is 5.58. The Morgan fingerprint density at radius 1 is 1.56 bits per heavy atom. The van der Waals surface area contributed by atoms with Gasteiger partial charge in [0.2, 0.25) is 5.91 Å². The number of fused-ring (bicyclic) bond motifs is 1. The molecule has 1 heterocycles. The van der Waals surface area contributed by atoms with Crippen LogP contribution in [0.1, 0.15) is 12.5 Å². The Labute approximate surface area is 104 Å². The number of nitrogens with zero attached hydrogens (tertiary/aromatic N) is 1. The van der Waals surface area contributed by atoms with Gasteiger partial charge in [0.25, 0.3) is 0 Å². The van der Waals surface area contributed by atoms with Crippen LogP contribution in [-0.4, -0.2) is 22.6 Å². The molecule has 0 saturated heterocycles. The average Bonchev–Trinajstić information content (AvgIpc) is 2.71. The first-order valence-corrected chi connectivity index (χ1v) is 5.58. The first kappa shape index (κ1) is 12.4. The van der Waals surface area contributed by atoms with Gasteiger partial charge in [0.1, 0.15) is 0 Å². The summed E-state index contributed by atoms with van der Waals surface area (Å²) in [6, 6.07) is 4.87. The van der Waals surface area contributed by atoms with Crippen LogP contribution in [0.15, 0.2) is 24.4 Å². The molecule has 6 heteroatoms. The molecule has 0 saturated carbocycles. The van der Waals surface area contributed by atoms with Gasteiger partial charge in [-0.2, -0.15) is 0 Å². The second-order valence-electron chi connectivity index (χ2n) is 4.05. The Kier molecular flexibility index (Phi) is 3.50. The third kappa shape index (κ3) is 2.61. The van der Waals surface area contributed by atoms with Crippen molar-refractivity contribution in [2.24, 2.45) is 0 Å². The van der Waals surface area contributed by atoms with E-state index in [4.69, 9.17) is 5.21 Å². The van der Waals surface area contributed by atoms with Crippen molar-refractivity contribution in [3.8, 4) is 0 Å². The summed E-state index contributed by atoms with van der Waals surface area (Å²) in [5, 5.41) is 23.1. The number of carbonyl (C=O) groups excluding carboxylic acids is 1. The number of H-pyrrole nitrogens is 1. The zero-order valence-electron chi connectivity index (χ0n) is 9.93. The van der Waals surface area contributed by atoms with Gasteiger partial charge in [-0.3, -0.25) is 10.0 Å². The molecule has 2 rings (SSSR count). The van der Waals surface area contributed by atoms with Gasteiger partial charge in [-0.25, -0.2) is 0 Å². The minimum Gasteiger partial charge on any atom is -0.733 e. The lowest BCUT2D eigenvalue weighted by Gasteiger charge is -2.21. The topological polar surface area (TPSA) is 91.4 Å². The Bertz CT molecular complexity index is 563. The van der Waals surface area contributed by atoms with Crippen molar-refractivity contribution in [3.05, 3.63) is 35.2 Å². The molecule has 3 N–H and O–H groups in total. The van der Waals surface area contributed by atoms with E-state index in [1.165, 1.54) is 13.0 Å². The van der Waals surface area contributed by atoms with Crippen molar-refractivity contribution < 1.29 is 10.0 Å². The monoisotopic (exact) mass is 248 g/mol. The molecule has 1 aromatic carbocycles. The van der Waals surface area contributed by atoms with E-state index >= 15 is 0 Å². The number of rotatable bonds is 4. The van der Waals surface area contributed by atoms with E-state index in [1.54, 1.807) is 12.1 Å². The molecule has 0 bridgehead atoms. The van der Waals surface area contributed by atoms with Crippen LogP contribution >= 0.6 is 0 Å². The average molecular weight is 248 g/mol. The fourth-order valence-corrected chi connectivity index (χ4v) is 1.87. The highest BCUT2D eigenvalue weighted by Gasteiger charge is 2.05. The highest BCUT2D eigenvalue weighted by atomic mass is 16.8. The van der Waals surface area contributed by atoms with E-state index in [1.807, 2.05) is 6.20 Å². The van der Waals surface area contributed by atoms with Crippen molar-refractivity contribution >= 4 is 22.5 Å². The van der Waals surface area contributed by atoms with Crippen molar-refractivity contribution in [1.82, 2.24) is 10.3 Å². The van der Waals surface area contributed by atoms with Gasteiger partial charge in [-0.1, -0.05) is 0 Å². The summed E-state index contributed by atoms with van der Waals surface area (Å²) in [6.07, 6.45) is 2.50. The standard InChI is InChI=1S/C12H14N3O3/c1-8(16)13-5-4-9-7-14-12-3-2-10(15(17)18)6-11(9)12/h2-3,6-7,14,17H,4-5H2,1H3,(H,13,16)/q-1. The number of aromatic nitrogens is 1. The van der Waals surface area contributed by atoms with E-state index in [-0.39, 0.29) is 16.8 Å². The van der Waals surface area contributed by atoms with Crippen LogP contribution in [0.2, 0.25) is 0 Å². The lowest BCUT2D eigenvalue weighted by molar-refractivity contribution is -0.118. The molecule has 0 aliphatic rings. The molecule has 0 fully saturated rings. The van der Waals surface area contributed by atoms with E-state index in [9.17, 15) is 10.0 Å². The smallest absolute Gasteiger partial charge is 0.216 e. The molecule has 0 spiro atoms. The zero-order chi connectivity index (χ0) is 13.1. The minimum atomic E-state index is -0.163. The van der Waals surface area contributed by atoms with Gasteiger partial charge in [-0.15, -0.1) is 0 Å². The Morgan fingerprint density at radius 3 is 3.00 bits per heavy atom. The SMILES string of the molecule is CC(=O)NCCc1c[nH]c2ccc(N([O-])O)cc12. The second kappa shape index (κ2) is 5.07. The van der Waals surface area contributed by atoms with Crippen LogP contribution in [0.4, 0.5) is 5.69 Å². The molecule has 18 heavy (non-hydrogen) atoms. The van der Waals surface area contributed by atoms with E-state index < -0.39 is 0 Å². The van der Waals surface area contributed by atoms with Gasteiger partial charge in [-0.05, 0) is 30.2 Å². The molecule has 1 amide bonds. The Morgan fingerprint density at radius 2 is 2.33 bits per heavy atom. The van der Waals surface area contributed by atoms with E-state index in [0.717, 1.165) is 16.5 Å². The van der Waals surface area contributed by atoms with E-state index in [0.29, 0.717) is 13.0 Å². The number of aromatic amines is 1. The maximum Gasteiger partial charge on any atom is 0.216 e. The fraction of sp³-hybridized carbons (Fsp3) is 0.250. The van der Waals surface area contributed by atoms with Crippen LogP contribution in [-0.2, 0) is 11.2 Å². The van der Waals surface area contributed by atoms with Crippen molar-refractivity contribution in [3.63, 3.8) is 0 Å². The normalized spacial score (nSPS) is 10.6. The summed E-state index contributed by atoms with van der Waals surface area (Å²) in [6.45, 7) is 2.00. The molecular weight excluding hydrogens is 234 g/mol. The number of carbonyl (C=O) groups is 1. The Balaban J connectivity index is 2.22. The molecule has 1 aromatic heterocycles. The van der Waals surface area contributed by atoms with Crippen molar-refractivity contribution in [2.75, 3.05) is 11.8 Å². The quantitative estimate of drug-likeness (QED) is 0.716. The summed E-state index contributed by atoms with van der Waals surface area (Å²) >= 11 is 0. The molecule has 0 aliphatic heterocycles. The third-order valence-corrected chi connectivity index (χ3v) is 2.74. The number of hydrogen-bond acceptors (Lipinski definition) is 4. The molecule has 96 valence electrons. The predicted molar refractivity (Wildman–Crippen MR) is 68.3 cm³/mol.